The van der Waals surface area contributed by atoms with Gasteiger partial charge in [-0.05, 0) is 29.0 Å². The molecule has 0 bridgehead atoms. The summed E-state index contributed by atoms with van der Waals surface area (Å²) in [5.74, 6) is 0.884. The van der Waals surface area contributed by atoms with E-state index in [1.165, 1.54) is 0 Å². The quantitative estimate of drug-likeness (QED) is 0.920. The topological polar surface area (TPSA) is 34.1 Å². The van der Waals surface area contributed by atoms with Gasteiger partial charge in [0.05, 0.1) is 15.7 Å². The van der Waals surface area contributed by atoms with E-state index < -0.39 is 0 Å². The molecule has 0 atom stereocenters. The van der Waals surface area contributed by atoms with Gasteiger partial charge >= 0.3 is 0 Å². The molecule has 0 spiro atoms. The molecule has 0 aliphatic rings. The van der Waals surface area contributed by atoms with Crippen molar-refractivity contribution < 1.29 is 4.74 Å². The molecular formula is C12H13BrN2OS. The molecular weight excluding hydrogens is 300 g/mol. The number of nitrogens with zero attached hydrogens (tertiary/aromatic N) is 1. The highest BCUT2D eigenvalue weighted by molar-refractivity contribution is 9.10. The average molecular weight is 313 g/mol. The minimum absolute atomic E-state index is 0.503. The van der Waals surface area contributed by atoms with E-state index in [0.29, 0.717) is 6.61 Å². The summed E-state index contributed by atoms with van der Waals surface area (Å²) < 4.78 is 6.79. The molecule has 0 aliphatic heterocycles. The first kappa shape index (κ1) is 12.5. The zero-order valence-corrected chi connectivity index (χ0v) is 11.8. The van der Waals surface area contributed by atoms with Crippen molar-refractivity contribution in [1.29, 1.82) is 0 Å². The highest BCUT2D eigenvalue weighted by atomic mass is 79.9. The van der Waals surface area contributed by atoms with Crippen molar-refractivity contribution in [3.8, 4) is 5.75 Å². The van der Waals surface area contributed by atoms with Gasteiger partial charge in [0, 0.05) is 17.5 Å². The van der Waals surface area contributed by atoms with E-state index in [9.17, 15) is 0 Å². The van der Waals surface area contributed by atoms with Crippen molar-refractivity contribution in [2.24, 2.45) is 0 Å². The second-order valence-corrected chi connectivity index (χ2v) is 5.10. The number of rotatable bonds is 5. The van der Waals surface area contributed by atoms with Crippen molar-refractivity contribution in [3.05, 3.63) is 44.8 Å². The molecule has 1 N–H and O–H groups in total. The molecule has 0 radical (unpaired) electrons. The van der Waals surface area contributed by atoms with Crippen molar-refractivity contribution in [3.63, 3.8) is 0 Å². The Kier molecular flexibility index (Phi) is 4.53. The Bertz CT molecular complexity index is 473. The molecule has 0 unspecified atom stereocenters. The third-order valence-corrected chi connectivity index (χ3v) is 3.52. The fraction of sp³-hybridized carbons (Fsp3) is 0.250. The van der Waals surface area contributed by atoms with Crippen LogP contribution in [-0.2, 0) is 13.2 Å². The van der Waals surface area contributed by atoms with Crippen LogP contribution in [0.5, 0.6) is 5.75 Å². The lowest BCUT2D eigenvalue weighted by Crippen LogP contribution is -2.08. The minimum Gasteiger partial charge on any atom is -0.486 e. The lowest BCUT2D eigenvalue weighted by atomic mass is 10.2. The Morgan fingerprint density at radius 2 is 2.35 bits per heavy atom. The lowest BCUT2D eigenvalue weighted by Gasteiger charge is -2.12. The van der Waals surface area contributed by atoms with Gasteiger partial charge in [-0.2, -0.15) is 0 Å². The van der Waals surface area contributed by atoms with Crippen LogP contribution in [0.15, 0.2) is 33.6 Å². The SMILES string of the molecule is CNCc1cccc(Br)c1OCc1cscn1. The van der Waals surface area contributed by atoms with Crippen molar-refractivity contribution in [2.75, 3.05) is 7.05 Å². The molecule has 17 heavy (non-hydrogen) atoms. The Balaban J connectivity index is 2.13. The van der Waals surface area contributed by atoms with Crippen molar-refractivity contribution in [1.82, 2.24) is 10.3 Å². The van der Waals surface area contributed by atoms with Gasteiger partial charge < -0.3 is 10.1 Å². The Labute approximate surface area is 113 Å². The van der Waals surface area contributed by atoms with Gasteiger partial charge in [0.25, 0.3) is 0 Å². The largest absolute Gasteiger partial charge is 0.486 e. The highest BCUT2D eigenvalue weighted by Crippen LogP contribution is 2.29. The summed E-state index contributed by atoms with van der Waals surface area (Å²) in [6, 6.07) is 6.04. The molecule has 1 heterocycles. The standard InChI is InChI=1S/C12H13BrN2OS/c1-14-5-9-3-2-4-11(13)12(9)16-6-10-7-17-8-15-10/h2-4,7-8,14H,5-6H2,1H3. The zero-order chi connectivity index (χ0) is 12.1. The third-order valence-electron chi connectivity index (χ3n) is 2.26. The molecule has 1 aromatic heterocycles. The van der Waals surface area contributed by atoms with Gasteiger partial charge in [0.15, 0.2) is 0 Å². The first-order valence-corrected chi connectivity index (χ1v) is 6.96. The summed E-state index contributed by atoms with van der Waals surface area (Å²) in [4.78, 5) is 4.20. The van der Waals surface area contributed by atoms with E-state index >= 15 is 0 Å². The van der Waals surface area contributed by atoms with E-state index in [-0.39, 0.29) is 0 Å². The van der Waals surface area contributed by atoms with Gasteiger partial charge in [-0.1, -0.05) is 12.1 Å². The molecule has 0 amide bonds. The molecule has 5 heteroatoms. The smallest absolute Gasteiger partial charge is 0.138 e. The third kappa shape index (κ3) is 3.28. The van der Waals surface area contributed by atoms with E-state index in [0.717, 1.165) is 28.0 Å². The van der Waals surface area contributed by atoms with Crippen LogP contribution in [0, 0.1) is 0 Å². The molecule has 3 nitrogen and oxygen atoms in total. The number of nitrogens with one attached hydrogen (secondary N) is 1. The highest BCUT2D eigenvalue weighted by Gasteiger charge is 2.08. The summed E-state index contributed by atoms with van der Waals surface area (Å²) in [6.45, 7) is 1.29. The summed E-state index contributed by atoms with van der Waals surface area (Å²) in [5, 5.41) is 5.13. The summed E-state index contributed by atoms with van der Waals surface area (Å²) in [7, 11) is 1.92. The van der Waals surface area contributed by atoms with Crippen LogP contribution >= 0.6 is 27.3 Å². The summed E-state index contributed by atoms with van der Waals surface area (Å²) >= 11 is 5.09. The van der Waals surface area contributed by atoms with Crippen LogP contribution in [-0.4, -0.2) is 12.0 Å². The Morgan fingerprint density at radius 1 is 1.47 bits per heavy atom. The molecule has 0 fully saturated rings. The maximum atomic E-state index is 5.82. The lowest BCUT2D eigenvalue weighted by molar-refractivity contribution is 0.296. The Hall–Kier alpha value is -0.910. The number of hydrogen-bond donors (Lipinski definition) is 1. The van der Waals surface area contributed by atoms with Crippen molar-refractivity contribution >= 4 is 27.3 Å². The number of halogens is 1. The van der Waals surface area contributed by atoms with Gasteiger partial charge in [-0.25, -0.2) is 4.98 Å². The predicted octanol–water partition coefficient (Wildman–Crippen LogP) is 3.20. The number of aromatic nitrogens is 1. The first-order chi connectivity index (χ1) is 8.31. The van der Waals surface area contributed by atoms with E-state index in [4.69, 9.17) is 4.74 Å². The van der Waals surface area contributed by atoms with Crippen molar-refractivity contribution in [2.45, 2.75) is 13.2 Å². The predicted molar refractivity (Wildman–Crippen MR) is 73.4 cm³/mol. The molecule has 2 aromatic rings. The number of para-hydroxylation sites is 1. The second-order valence-electron chi connectivity index (χ2n) is 3.53. The van der Waals surface area contributed by atoms with Gasteiger partial charge in [0.2, 0.25) is 0 Å². The number of benzene rings is 1. The van der Waals surface area contributed by atoms with Gasteiger partial charge in [-0.15, -0.1) is 11.3 Å². The van der Waals surface area contributed by atoms with E-state index in [1.54, 1.807) is 11.3 Å². The van der Waals surface area contributed by atoms with Gasteiger partial charge in [-0.3, -0.25) is 0 Å². The van der Waals surface area contributed by atoms with Crippen LogP contribution in [0.2, 0.25) is 0 Å². The molecule has 90 valence electrons. The molecule has 0 aliphatic carbocycles. The number of ether oxygens (including phenoxy) is 1. The summed E-state index contributed by atoms with van der Waals surface area (Å²) in [5.41, 5.74) is 3.91. The number of thiazole rings is 1. The fourth-order valence-electron chi connectivity index (χ4n) is 1.50. The molecule has 1 aromatic carbocycles. The summed E-state index contributed by atoms with van der Waals surface area (Å²) in [6.07, 6.45) is 0. The molecule has 0 saturated carbocycles. The Morgan fingerprint density at radius 3 is 3.06 bits per heavy atom. The van der Waals surface area contributed by atoms with E-state index in [1.807, 2.05) is 30.1 Å². The van der Waals surface area contributed by atoms with E-state index in [2.05, 4.69) is 32.3 Å². The average Bonchev–Trinajstić information content (AvgIpc) is 2.82. The van der Waals surface area contributed by atoms with Crippen LogP contribution in [0.1, 0.15) is 11.3 Å². The van der Waals surface area contributed by atoms with Crippen LogP contribution in [0.4, 0.5) is 0 Å². The minimum atomic E-state index is 0.503. The first-order valence-electron chi connectivity index (χ1n) is 5.23. The number of hydrogen-bond acceptors (Lipinski definition) is 4. The maximum absolute atomic E-state index is 5.82. The molecule has 0 saturated heterocycles. The second kappa shape index (κ2) is 6.14. The monoisotopic (exact) mass is 312 g/mol. The maximum Gasteiger partial charge on any atom is 0.138 e. The van der Waals surface area contributed by atoms with Crippen LogP contribution < -0.4 is 10.1 Å². The normalized spacial score (nSPS) is 10.5. The van der Waals surface area contributed by atoms with Gasteiger partial charge in [0.1, 0.15) is 12.4 Å². The molecule has 2 rings (SSSR count). The fourth-order valence-corrected chi connectivity index (χ4v) is 2.56. The zero-order valence-electron chi connectivity index (χ0n) is 9.44. The van der Waals surface area contributed by atoms with Crippen LogP contribution in [0.25, 0.3) is 0 Å². The van der Waals surface area contributed by atoms with Crippen LogP contribution in [0.3, 0.4) is 0 Å².